The van der Waals surface area contributed by atoms with Gasteiger partial charge in [-0.3, -0.25) is 0 Å². The van der Waals surface area contributed by atoms with E-state index in [1.807, 2.05) is 48.9 Å². The van der Waals surface area contributed by atoms with E-state index in [0.717, 1.165) is 59.2 Å². The number of nitrogen functional groups attached to an aromatic ring is 1. The maximum atomic E-state index is 10.8. The maximum absolute atomic E-state index is 10.8. The minimum atomic E-state index is -0.952. The highest BCUT2D eigenvalue weighted by molar-refractivity contribution is 5.98. The van der Waals surface area contributed by atoms with Crippen LogP contribution in [0.4, 0.5) is 17.5 Å². The van der Waals surface area contributed by atoms with Crippen molar-refractivity contribution in [2.45, 2.75) is 51.7 Å². The van der Waals surface area contributed by atoms with Crippen LogP contribution in [0.3, 0.4) is 0 Å². The summed E-state index contributed by atoms with van der Waals surface area (Å²) in [4.78, 5) is 24.2. The second-order valence-electron chi connectivity index (χ2n) is 10.0. The lowest BCUT2D eigenvalue weighted by Crippen LogP contribution is -2.26. The monoisotopic (exact) mass is 527 g/mol. The zero-order chi connectivity index (χ0) is 27.1. The van der Waals surface area contributed by atoms with Crippen LogP contribution in [-0.2, 0) is 9.53 Å². The van der Waals surface area contributed by atoms with Crippen LogP contribution < -0.4 is 11.1 Å². The van der Waals surface area contributed by atoms with Gasteiger partial charge in [-0.2, -0.15) is 10.1 Å². The third-order valence-electron chi connectivity index (χ3n) is 7.18. The van der Waals surface area contributed by atoms with E-state index in [-0.39, 0.29) is 18.8 Å². The molecule has 11 heteroatoms. The fraction of sp³-hybridized carbons (Fsp3) is 0.321. The molecule has 0 unspecified atom stereocenters. The molecule has 1 aliphatic rings. The quantitative estimate of drug-likeness (QED) is 0.258. The van der Waals surface area contributed by atoms with E-state index in [0.29, 0.717) is 28.6 Å². The van der Waals surface area contributed by atoms with Gasteiger partial charge < -0.3 is 25.3 Å². The number of carboxylic acids is 1. The van der Waals surface area contributed by atoms with E-state index in [1.54, 1.807) is 0 Å². The number of benzene rings is 2. The number of nitrogens with one attached hydrogen (secondary N) is 1. The van der Waals surface area contributed by atoms with Gasteiger partial charge in [0.05, 0.1) is 17.5 Å². The first-order chi connectivity index (χ1) is 18.9. The molecule has 5 aromatic rings. The fourth-order valence-corrected chi connectivity index (χ4v) is 5.36. The summed E-state index contributed by atoms with van der Waals surface area (Å²) >= 11 is 0. The molecule has 0 spiro atoms. The van der Waals surface area contributed by atoms with Gasteiger partial charge in [0.15, 0.2) is 11.2 Å². The van der Waals surface area contributed by atoms with Crippen LogP contribution in [0.2, 0.25) is 0 Å². The van der Waals surface area contributed by atoms with Gasteiger partial charge >= 0.3 is 5.97 Å². The highest BCUT2D eigenvalue weighted by atomic mass is 16.5. The number of nitrogens with zero attached hydrogens (tertiary/aromatic N) is 5. The summed E-state index contributed by atoms with van der Waals surface area (Å²) in [6.45, 7) is 3.78. The van der Waals surface area contributed by atoms with Crippen LogP contribution in [0.15, 0.2) is 47.1 Å². The van der Waals surface area contributed by atoms with Crippen LogP contribution in [0.25, 0.3) is 33.4 Å². The highest BCUT2D eigenvalue weighted by Gasteiger charge is 2.27. The van der Waals surface area contributed by atoms with Gasteiger partial charge in [-0.15, -0.1) is 0 Å². The SMILES string of the molecule is Cc1cc(C)c2oc(Nc3ccc(-c4nn([C@H]5CC[C@H](OCC(=O)O)CC5)c5ncnc(N)c45)cc3)nc2c1. The van der Waals surface area contributed by atoms with Crippen molar-refractivity contribution >= 4 is 45.6 Å². The van der Waals surface area contributed by atoms with Gasteiger partial charge in [0.1, 0.15) is 30.0 Å². The molecule has 200 valence electrons. The molecule has 0 atom stereocenters. The van der Waals surface area contributed by atoms with Crippen LogP contribution in [0.5, 0.6) is 0 Å². The number of aliphatic carboxylic acids is 1. The largest absolute Gasteiger partial charge is 0.480 e. The first-order valence-corrected chi connectivity index (χ1v) is 12.9. The predicted molar refractivity (Wildman–Crippen MR) is 147 cm³/mol. The van der Waals surface area contributed by atoms with Crippen LogP contribution in [-0.4, -0.2) is 48.5 Å². The van der Waals surface area contributed by atoms with Gasteiger partial charge in [-0.05, 0) is 68.9 Å². The molecule has 3 heterocycles. The van der Waals surface area contributed by atoms with E-state index in [2.05, 4.69) is 26.3 Å². The summed E-state index contributed by atoms with van der Waals surface area (Å²) < 4.78 is 13.4. The molecule has 1 aliphatic carbocycles. The van der Waals surface area contributed by atoms with Gasteiger partial charge in [0.2, 0.25) is 0 Å². The van der Waals surface area contributed by atoms with Gasteiger partial charge in [0.25, 0.3) is 6.01 Å². The second-order valence-corrected chi connectivity index (χ2v) is 10.0. The number of oxazole rings is 1. The zero-order valence-electron chi connectivity index (χ0n) is 21.7. The Morgan fingerprint density at radius 2 is 1.92 bits per heavy atom. The van der Waals surface area contributed by atoms with Crippen molar-refractivity contribution < 1.29 is 19.1 Å². The van der Waals surface area contributed by atoms with Crippen molar-refractivity contribution in [3.63, 3.8) is 0 Å². The second kappa shape index (κ2) is 9.99. The van der Waals surface area contributed by atoms with Crippen molar-refractivity contribution in [3.05, 3.63) is 53.9 Å². The Morgan fingerprint density at radius 3 is 2.67 bits per heavy atom. The number of aryl methyl sites for hydroxylation is 2. The Labute approximate surface area is 224 Å². The Hall–Kier alpha value is -4.51. The molecule has 6 rings (SSSR count). The molecule has 1 fully saturated rings. The average molecular weight is 528 g/mol. The fourth-order valence-electron chi connectivity index (χ4n) is 5.36. The topological polar surface area (TPSA) is 154 Å². The minimum absolute atomic E-state index is 0.0624. The Balaban J connectivity index is 1.25. The lowest BCUT2D eigenvalue weighted by molar-refractivity contribution is -0.145. The van der Waals surface area contributed by atoms with Gasteiger partial charge in [-0.1, -0.05) is 18.2 Å². The van der Waals surface area contributed by atoms with Crippen LogP contribution in [0, 0.1) is 13.8 Å². The molecule has 2 aromatic carbocycles. The maximum Gasteiger partial charge on any atom is 0.329 e. The number of nitrogens with two attached hydrogens (primary N) is 1. The molecule has 0 saturated heterocycles. The number of fused-ring (bicyclic) bond motifs is 2. The number of rotatable bonds is 7. The summed E-state index contributed by atoms with van der Waals surface area (Å²) in [6, 6.07) is 12.4. The van der Waals surface area contributed by atoms with E-state index in [1.165, 1.54) is 6.33 Å². The highest BCUT2D eigenvalue weighted by Crippen LogP contribution is 2.37. The van der Waals surface area contributed by atoms with E-state index >= 15 is 0 Å². The average Bonchev–Trinajstić information content (AvgIpc) is 3.51. The summed E-state index contributed by atoms with van der Waals surface area (Å²) in [6.07, 6.45) is 4.51. The standard InChI is InChI=1S/C28H29N7O4/c1-15-11-16(2)25-21(12-15)33-28(39-25)32-18-5-3-17(4-6-18)24-23-26(29)30-14-31-27(23)35(34-24)19-7-9-20(10-8-19)38-13-22(36)37/h3-6,11-12,14,19-20H,7-10,13H2,1-2H3,(H,32,33)(H,36,37)(H2,29,30,31)/t19-,20-. The van der Waals surface area contributed by atoms with Crippen LogP contribution in [0.1, 0.15) is 42.9 Å². The Bertz CT molecular complexity index is 1670. The van der Waals surface area contributed by atoms with Crippen molar-refractivity contribution in [1.29, 1.82) is 0 Å². The number of anilines is 3. The third kappa shape index (κ3) is 4.88. The molecule has 4 N–H and O–H groups in total. The number of hydrogen-bond acceptors (Lipinski definition) is 9. The van der Waals surface area contributed by atoms with Crippen molar-refractivity contribution in [1.82, 2.24) is 24.7 Å². The number of carboxylic acid groups (broad SMARTS) is 1. The molecule has 3 aromatic heterocycles. The Morgan fingerprint density at radius 1 is 1.15 bits per heavy atom. The van der Waals surface area contributed by atoms with E-state index < -0.39 is 5.97 Å². The molecular formula is C28H29N7O4. The third-order valence-corrected chi connectivity index (χ3v) is 7.18. The lowest BCUT2D eigenvalue weighted by Gasteiger charge is -2.28. The summed E-state index contributed by atoms with van der Waals surface area (Å²) in [7, 11) is 0. The summed E-state index contributed by atoms with van der Waals surface area (Å²) in [5.74, 6) is -0.577. The van der Waals surface area contributed by atoms with Gasteiger partial charge in [-0.25, -0.2) is 19.4 Å². The number of aromatic nitrogens is 5. The van der Waals surface area contributed by atoms with Crippen LogP contribution >= 0.6 is 0 Å². The number of ether oxygens (including phenoxy) is 1. The van der Waals surface area contributed by atoms with Crippen molar-refractivity contribution in [2.24, 2.45) is 0 Å². The number of carbonyl (C=O) groups is 1. The summed E-state index contributed by atoms with van der Waals surface area (Å²) in [5.41, 5.74) is 13.2. The first kappa shape index (κ1) is 24.8. The molecule has 0 amide bonds. The van der Waals surface area contributed by atoms with E-state index in [4.69, 9.17) is 25.1 Å². The first-order valence-electron chi connectivity index (χ1n) is 12.9. The van der Waals surface area contributed by atoms with Gasteiger partial charge in [0, 0.05) is 11.3 Å². The van der Waals surface area contributed by atoms with Crippen molar-refractivity contribution in [2.75, 3.05) is 17.7 Å². The molecule has 11 nitrogen and oxygen atoms in total. The van der Waals surface area contributed by atoms with Crippen molar-refractivity contribution in [3.8, 4) is 11.3 Å². The smallest absolute Gasteiger partial charge is 0.329 e. The normalized spacial score (nSPS) is 17.6. The minimum Gasteiger partial charge on any atom is -0.480 e. The molecule has 39 heavy (non-hydrogen) atoms. The van der Waals surface area contributed by atoms with E-state index in [9.17, 15) is 4.79 Å². The summed E-state index contributed by atoms with van der Waals surface area (Å²) in [5, 5.41) is 17.8. The predicted octanol–water partition coefficient (Wildman–Crippen LogP) is 5.16. The molecule has 0 bridgehead atoms. The molecule has 0 aliphatic heterocycles. The number of hydrogen-bond donors (Lipinski definition) is 3. The molecule has 1 saturated carbocycles. The lowest BCUT2D eigenvalue weighted by atomic mass is 9.93. The molecule has 0 radical (unpaired) electrons. The zero-order valence-corrected chi connectivity index (χ0v) is 21.7. The Kier molecular flexibility index (Phi) is 6.35. The molecular weight excluding hydrogens is 498 g/mol.